The molecule has 0 fully saturated rings. The van der Waals surface area contributed by atoms with Gasteiger partial charge in [0, 0.05) is 25.7 Å². The van der Waals surface area contributed by atoms with Crippen molar-refractivity contribution in [1.29, 1.82) is 0 Å². The van der Waals surface area contributed by atoms with E-state index >= 15 is 0 Å². The lowest BCUT2D eigenvalue weighted by Gasteiger charge is -2.31. The fraction of sp³-hybridized carbons (Fsp3) is 0.231. The minimum Gasteiger partial charge on any atom is -0.497 e. The fourth-order valence-corrected chi connectivity index (χ4v) is 5.18. The Morgan fingerprint density at radius 2 is 1.68 bits per heavy atom. The van der Waals surface area contributed by atoms with Gasteiger partial charge in [0.2, 0.25) is 11.8 Å². The molecule has 3 aromatic rings. The Bertz CT molecular complexity index is 1400. The van der Waals surface area contributed by atoms with Crippen LogP contribution in [0.1, 0.15) is 12.5 Å². The molecule has 1 atom stereocenters. The molecule has 1 N–H and O–H groups in total. The van der Waals surface area contributed by atoms with Crippen LogP contribution in [0.3, 0.4) is 0 Å². The maximum absolute atomic E-state index is 13.7. The normalized spacial score (nSPS) is 11.8. The number of carbonyl (C=O) groups excluding carboxylic acids is 2. The van der Waals surface area contributed by atoms with Gasteiger partial charge >= 0.3 is 0 Å². The summed E-state index contributed by atoms with van der Waals surface area (Å²) in [6.07, 6.45) is 0. The molecule has 0 saturated heterocycles. The summed E-state index contributed by atoms with van der Waals surface area (Å²) in [7, 11) is -1.31. The van der Waals surface area contributed by atoms with Crippen molar-refractivity contribution in [3.63, 3.8) is 0 Å². The molecule has 0 aliphatic rings. The molecule has 0 spiro atoms. The Kier molecular flexibility index (Phi) is 9.02. The Morgan fingerprint density at radius 1 is 1.03 bits per heavy atom. The molecule has 0 bridgehead atoms. The van der Waals surface area contributed by atoms with E-state index in [1.807, 2.05) is 0 Å². The van der Waals surface area contributed by atoms with Gasteiger partial charge in [0.15, 0.2) is 0 Å². The highest BCUT2D eigenvalue weighted by Crippen LogP contribution is 2.26. The Morgan fingerprint density at radius 3 is 2.26 bits per heavy atom. The second-order valence-electron chi connectivity index (χ2n) is 8.26. The molecule has 12 heteroatoms. The monoisotopic (exact) mass is 540 g/mol. The van der Waals surface area contributed by atoms with Gasteiger partial charge in [0.05, 0.1) is 22.6 Å². The first-order chi connectivity index (χ1) is 18.1. The molecule has 3 rings (SSSR count). The summed E-state index contributed by atoms with van der Waals surface area (Å²) in [6.45, 7) is 0.892. The number of rotatable bonds is 11. The lowest BCUT2D eigenvalue weighted by atomic mass is 10.1. The van der Waals surface area contributed by atoms with Gasteiger partial charge in [-0.1, -0.05) is 30.3 Å². The SMILES string of the molecule is CNC(=O)C(C)N(Cc1cccc(OC)c1)C(=O)CN(c1ccc([N+](=O)[O-])cc1)S(=O)(=O)c1ccccc1. The Labute approximate surface area is 220 Å². The summed E-state index contributed by atoms with van der Waals surface area (Å²) in [6, 6.07) is 18.4. The average molecular weight is 541 g/mol. The van der Waals surface area contributed by atoms with Crippen LogP contribution in [0, 0.1) is 10.1 Å². The number of ether oxygens (including phenoxy) is 1. The van der Waals surface area contributed by atoms with Crippen LogP contribution in [0.4, 0.5) is 11.4 Å². The van der Waals surface area contributed by atoms with Crippen molar-refractivity contribution in [2.75, 3.05) is 25.0 Å². The molecule has 0 radical (unpaired) electrons. The van der Waals surface area contributed by atoms with Gasteiger partial charge in [-0.25, -0.2) is 8.42 Å². The number of nitrogens with one attached hydrogen (secondary N) is 1. The molecule has 11 nitrogen and oxygen atoms in total. The van der Waals surface area contributed by atoms with Crippen molar-refractivity contribution < 1.29 is 27.7 Å². The predicted octanol–water partition coefficient (Wildman–Crippen LogP) is 2.96. The molecule has 0 aliphatic heterocycles. The van der Waals surface area contributed by atoms with Crippen molar-refractivity contribution in [2.24, 2.45) is 0 Å². The van der Waals surface area contributed by atoms with E-state index in [9.17, 15) is 28.1 Å². The van der Waals surface area contributed by atoms with Crippen LogP contribution < -0.4 is 14.4 Å². The fourth-order valence-electron chi connectivity index (χ4n) is 3.75. The van der Waals surface area contributed by atoms with Crippen LogP contribution in [-0.2, 0) is 26.2 Å². The average Bonchev–Trinajstić information content (AvgIpc) is 2.94. The van der Waals surface area contributed by atoms with Crippen LogP contribution >= 0.6 is 0 Å². The number of amides is 2. The summed E-state index contributed by atoms with van der Waals surface area (Å²) < 4.78 is 33.4. The number of methoxy groups -OCH3 is 1. The molecule has 0 aliphatic carbocycles. The zero-order chi connectivity index (χ0) is 27.9. The number of benzene rings is 3. The van der Waals surface area contributed by atoms with E-state index in [-0.39, 0.29) is 22.8 Å². The molecule has 200 valence electrons. The molecule has 3 aromatic carbocycles. The van der Waals surface area contributed by atoms with Crippen molar-refractivity contribution in [1.82, 2.24) is 10.2 Å². The first-order valence-electron chi connectivity index (χ1n) is 11.5. The Balaban J connectivity index is 2.04. The van der Waals surface area contributed by atoms with Gasteiger partial charge in [-0.05, 0) is 48.9 Å². The van der Waals surface area contributed by atoms with Crippen molar-refractivity contribution in [3.05, 3.63) is 94.5 Å². The zero-order valence-corrected chi connectivity index (χ0v) is 21.9. The number of nitro groups is 1. The quantitative estimate of drug-likeness (QED) is 0.291. The van der Waals surface area contributed by atoms with Gasteiger partial charge in [0.1, 0.15) is 18.3 Å². The third-order valence-electron chi connectivity index (χ3n) is 5.86. The first-order valence-corrected chi connectivity index (χ1v) is 13.0. The van der Waals surface area contributed by atoms with Gasteiger partial charge in [-0.2, -0.15) is 0 Å². The molecular formula is C26H28N4O7S. The minimum atomic E-state index is -4.26. The van der Waals surface area contributed by atoms with E-state index < -0.39 is 39.3 Å². The van der Waals surface area contributed by atoms with E-state index in [2.05, 4.69) is 5.32 Å². The van der Waals surface area contributed by atoms with E-state index in [0.717, 1.165) is 16.4 Å². The van der Waals surface area contributed by atoms with E-state index in [0.29, 0.717) is 11.3 Å². The van der Waals surface area contributed by atoms with Crippen LogP contribution in [0.15, 0.2) is 83.8 Å². The van der Waals surface area contributed by atoms with E-state index in [4.69, 9.17) is 4.74 Å². The number of carbonyl (C=O) groups is 2. The number of non-ortho nitro benzene ring substituents is 1. The maximum Gasteiger partial charge on any atom is 0.269 e. The number of sulfonamides is 1. The van der Waals surface area contributed by atoms with E-state index in [1.54, 1.807) is 49.4 Å². The van der Waals surface area contributed by atoms with Crippen LogP contribution in [-0.4, -0.2) is 56.8 Å². The highest BCUT2D eigenvalue weighted by molar-refractivity contribution is 7.92. The predicted molar refractivity (Wildman–Crippen MR) is 141 cm³/mol. The number of nitro benzene ring substituents is 1. The molecule has 1 unspecified atom stereocenters. The lowest BCUT2D eigenvalue weighted by molar-refractivity contribution is -0.384. The smallest absolute Gasteiger partial charge is 0.269 e. The summed E-state index contributed by atoms with van der Waals surface area (Å²) in [5.41, 5.74) is 0.494. The molecular weight excluding hydrogens is 512 g/mol. The first kappa shape index (κ1) is 28.1. The number of hydrogen-bond acceptors (Lipinski definition) is 7. The number of anilines is 1. The van der Waals surface area contributed by atoms with Crippen molar-refractivity contribution in [3.8, 4) is 5.75 Å². The maximum atomic E-state index is 13.7. The highest BCUT2D eigenvalue weighted by atomic mass is 32.2. The zero-order valence-electron chi connectivity index (χ0n) is 21.1. The van der Waals surface area contributed by atoms with Crippen LogP contribution in [0.25, 0.3) is 0 Å². The Hall–Kier alpha value is -4.45. The lowest BCUT2D eigenvalue weighted by Crippen LogP contribution is -2.50. The molecule has 0 aromatic heterocycles. The second-order valence-corrected chi connectivity index (χ2v) is 10.1. The molecule has 0 saturated carbocycles. The van der Waals surface area contributed by atoms with Crippen molar-refractivity contribution >= 4 is 33.2 Å². The topological polar surface area (TPSA) is 139 Å². The van der Waals surface area contributed by atoms with Crippen LogP contribution in [0.2, 0.25) is 0 Å². The van der Waals surface area contributed by atoms with Gasteiger partial charge < -0.3 is 15.0 Å². The third kappa shape index (κ3) is 6.45. The highest BCUT2D eigenvalue weighted by Gasteiger charge is 2.32. The van der Waals surface area contributed by atoms with Gasteiger partial charge in [0.25, 0.3) is 15.7 Å². The summed E-state index contributed by atoms with van der Waals surface area (Å²) in [5.74, 6) is -0.530. The number of likely N-dealkylation sites (N-methyl/N-ethyl adjacent to an activating group) is 1. The number of hydrogen-bond donors (Lipinski definition) is 1. The molecule has 38 heavy (non-hydrogen) atoms. The third-order valence-corrected chi connectivity index (χ3v) is 7.65. The summed E-state index contributed by atoms with van der Waals surface area (Å²) in [5, 5.41) is 13.6. The van der Waals surface area contributed by atoms with Crippen LogP contribution in [0.5, 0.6) is 5.75 Å². The summed E-state index contributed by atoms with van der Waals surface area (Å²) >= 11 is 0. The minimum absolute atomic E-state index is 0.00407. The largest absolute Gasteiger partial charge is 0.497 e. The second kappa shape index (κ2) is 12.2. The molecule has 0 heterocycles. The van der Waals surface area contributed by atoms with Gasteiger partial charge in [-0.3, -0.25) is 24.0 Å². The molecule has 2 amide bonds. The van der Waals surface area contributed by atoms with Crippen molar-refractivity contribution in [2.45, 2.75) is 24.4 Å². The van der Waals surface area contributed by atoms with E-state index in [1.165, 1.54) is 43.3 Å². The van der Waals surface area contributed by atoms with Gasteiger partial charge in [-0.15, -0.1) is 0 Å². The standard InChI is InChI=1S/C26H28N4O7S/c1-19(26(32)27-2)28(17-20-8-7-9-23(16-20)37-3)25(31)18-29(21-12-14-22(15-13-21)30(33)34)38(35,36)24-10-5-4-6-11-24/h4-16,19H,17-18H2,1-3H3,(H,27,32). The summed E-state index contributed by atoms with van der Waals surface area (Å²) in [4.78, 5) is 37.9. The number of nitrogens with zero attached hydrogens (tertiary/aromatic N) is 3.